The normalized spacial score (nSPS) is 12.3. The van der Waals surface area contributed by atoms with Gasteiger partial charge in [0, 0.05) is 18.7 Å². The summed E-state index contributed by atoms with van der Waals surface area (Å²) in [6.07, 6.45) is -0.369. The lowest BCUT2D eigenvalue weighted by molar-refractivity contribution is 0.190. The lowest BCUT2D eigenvalue weighted by Gasteiger charge is -2.16. The van der Waals surface area contributed by atoms with E-state index in [1.807, 2.05) is 30.3 Å². The molecule has 3 heteroatoms. The van der Waals surface area contributed by atoms with Gasteiger partial charge < -0.3 is 15.2 Å². The summed E-state index contributed by atoms with van der Waals surface area (Å²) in [6.45, 7) is 5.65. The van der Waals surface area contributed by atoms with Crippen LogP contribution in [0.3, 0.4) is 0 Å². The molecule has 0 amide bonds. The lowest BCUT2D eigenvalue weighted by atomic mass is 10.0. The van der Waals surface area contributed by atoms with E-state index in [2.05, 4.69) is 42.6 Å². The molecule has 1 unspecified atom stereocenters. The van der Waals surface area contributed by atoms with Crippen LogP contribution >= 0.6 is 0 Å². The first-order valence-corrected chi connectivity index (χ1v) is 8.72. The van der Waals surface area contributed by atoms with E-state index in [-0.39, 0.29) is 6.10 Å². The van der Waals surface area contributed by atoms with Crippen molar-refractivity contribution in [1.29, 1.82) is 0 Å². The van der Waals surface area contributed by atoms with Gasteiger partial charge in [0.05, 0.1) is 6.10 Å². The van der Waals surface area contributed by atoms with E-state index in [0.717, 1.165) is 11.3 Å². The van der Waals surface area contributed by atoms with Crippen LogP contribution < -0.4 is 10.1 Å². The summed E-state index contributed by atoms with van der Waals surface area (Å²) < 4.78 is 6.17. The van der Waals surface area contributed by atoms with Crippen molar-refractivity contribution in [2.75, 3.05) is 6.54 Å². The number of aliphatic hydroxyl groups is 1. The number of fused-ring (bicyclic) bond motifs is 1. The Balaban J connectivity index is 1.86. The minimum Gasteiger partial charge on any atom is -0.489 e. The van der Waals surface area contributed by atoms with Gasteiger partial charge in [-0.25, -0.2) is 0 Å². The van der Waals surface area contributed by atoms with Crippen molar-refractivity contribution in [3.05, 3.63) is 77.4 Å². The second kappa shape index (κ2) is 8.15. The quantitative estimate of drug-likeness (QED) is 0.680. The zero-order chi connectivity index (χ0) is 17.6. The van der Waals surface area contributed by atoms with Crippen molar-refractivity contribution in [2.45, 2.75) is 33.1 Å². The van der Waals surface area contributed by atoms with Gasteiger partial charge in [-0.3, -0.25) is 0 Å². The SMILES string of the molecule is Cc1ccccc1COc1ccc2ccccc2c1CNCC(C)O. The summed E-state index contributed by atoms with van der Waals surface area (Å²) in [4.78, 5) is 0. The highest BCUT2D eigenvalue weighted by atomic mass is 16.5. The summed E-state index contributed by atoms with van der Waals surface area (Å²) in [5, 5.41) is 15.2. The molecule has 2 N–H and O–H groups in total. The molecule has 0 fully saturated rings. The molecule has 0 spiro atoms. The van der Waals surface area contributed by atoms with Gasteiger partial charge in [-0.2, -0.15) is 0 Å². The maximum absolute atomic E-state index is 9.50. The van der Waals surface area contributed by atoms with E-state index in [1.54, 1.807) is 6.92 Å². The van der Waals surface area contributed by atoms with E-state index < -0.39 is 0 Å². The Morgan fingerprint density at radius 3 is 2.56 bits per heavy atom. The largest absolute Gasteiger partial charge is 0.489 e. The van der Waals surface area contributed by atoms with Gasteiger partial charge in [0.15, 0.2) is 0 Å². The Bertz CT molecular complexity index is 842. The molecule has 0 heterocycles. The summed E-state index contributed by atoms with van der Waals surface area (Å²) in [5.41, 5.74) is 3.56. The molecule has 0 saturated carbocycles. The molecule has 0 bridgehead atoms. The zero-order valence-corrected chi connectivity index (χ0v) is 14.8. The van der Waals surface area contributed by atoms with Crippen molar-refractivity contribution in [3.63, 3.8) is 0 Å². The van der Waals surface area contributed by atoms with Gasteiger partial charge in [-0.15, -0.1) is 0 Å². The third kappa shape index (κ3) is 4.38. The molecular formula is C22H25NO2. The molecule has 25 heavy (non-hydrogen) atoms. The number of hydrogen-bond donors (Lipinski definition) is 2. The molecule has 0 saturated heterocycles. The summed E-state index contributed by atoms with van der Waals surface area (Å²) in [7, 11) is 0. The first-order valence-electron chi connectivity index (χ1n) is 8.72. The molecule has 0 radical (unpaired) electrons. The summed E-state index contributed by atoms with van der Waals surface area (Å²) >= 11 is 0. The van der Waals surface area contributed by atoms with E-state index in [0.29, 0.717) is 19.7 Å². The Labute approximate surface area is 149 Å². The van der Waals surface area contributed by atoms with Crippen LogP contribution in [0.25, 0.3) is 10.8 Å². The van der Waals surface area contributed by atoms with Crippen LogP contribution in [0.15, 0.2) is 60.7 Å². The number of benzene rings is 3. The molecule has 1 atom stereocenters. The molecule has 3 aromatic rings. The molecule has 0 aromatic heterocycles. The van der Waals surface area contributed by atoms with Crippen LogP contribution in [0.5, 0.6) is 5.75 Å². The monoisotopic (exact) mass is 335 g/mol. The van der Waals surface area contributed by atoms with Gasteiger partial charge in [-0.1, -0.05) is 54.6 Å². The van der Waals surface area contributed by atoms with Crippen molar-refractivity contribution in [3.8, 4) is 5.75 Å². The number of nitrogens with one attached hydrogen (secondary N) is 1. The van der Waals surface area contributed by atoms with Gasteiger partial charge in [0.25, 0.3) is 0 Å². The molecule has 3 nitrogen and oxygen atoms in total. The van der Waals surface area contributed by atoms with Crippen LogP contribution in [0.1, 0.15) is 23.6 Å². The molecule has 0 aliphatic heterocycles. The lowest BCUT2D eigenvalue weighted by Crippen LogP contribution is -2.24. The van der Waals surface area contributed by atoms with Crippen molar-refractivity contribution in [2.24, 2.45) is 0 Å². The first-order chi connectivity index (χ1) is 12.1. The number of rotatable bonds is 7. The highest BCUT2D eigenvalue weighted by molar-refractivity contribution is 5.87. The molecule has 3 aromatic carbocycles. The highest BCUT2D eigenvalue weighted by Crippen LogP contribution is 2.29. The Morgan fingerprint density at radius 2 is 1.76 bits per heavy atom. The predicted octanol–water partition coefficient (Wildman–Crippen LogP) is 4.20. The molecule has 0 aliphatic carbocycles. The Morgan fingerprint density at radius 1 is 1.00 bits per heavy atom. The Kier molecular flexibility index (Phi) is 5.69. The van der Waals surface area contributed by atoms with Crippen molar-refractivity contribution in [1.82, 2.24) is 5.32 Å². The van der Waals surface area contributed by atoms with Crippen LogP contribution in [-0.4, -0.2) is 17.8 Å². The fraction of sp³-hybridized carbons (Fsp3) is 0.273. The maximum Gasteiger partial charge on any atom is 0.124 e. The van der Waals surface area contributed by atoms with Gasteiger partial charge >= 0.3 is 0 Å². The van der Waals surface area contributed by atoms with Crippen LogP contribution in [-0.2, 0) is 13.2 Å². The zero-order valence-electron chi connectivity index (χ0n) is 14.8. The third-order valence-electron chi connectivity index (χ3n) is 4.38. The van der Waals surface area contributed by atoms with Crippen LogP contribution in [0.2, 0.25) is 0 Å². The number of aryl methyl sites for hydroxylation is 1. The minimum absolute atomic E-state index is 0.369. The van der Waals surface area contributed by atoms with E-state index in [9.17, 15) is 5.11 Å². The summed E-state index contributed by atoms with van der Waals surface area (Å²) in [5.74, 6) is 0.889. The van der Waals surface area contributed by atoms with Crippen molar-refractivity contribution >= 4 is 10.8 Å². The van der Waals surface area contributed by atoms with Gasteiger partial charge in [0.2, 0.25) is 0 Å². The standard InChI is InChI=1S/C22H25NO2/c1-16-7-3-4-9-19(16)15-25-22-12-11-18-8-5-6-10-20(18)21(22)14-23-13-17(2)24/h3-12,17,23-24H,13-15H2,1-2H3. The topological polar surface area (TPSA) is 41.5 Å². The fourth-order valence-corrected chi connectivity index (χ4v) is 2.97. The van der Waals surface area contributed by atoms with Crippen molar-refractivity contribution < 1.29 is 9.84 Å². The second-order valence-corrected chi connectivity index (χ2v) is 6.46. The smallest absolute Gasteiger partial charge is 0.124 e. The molecule has 0 aliphatic rings. The average Bonchev–Trinajstić information content (AvgIpc) is 2.61. The highest BCUT2D eigenvalue weighted by Gasteiger charge is 2.10. The molecule has 3 rings (SSSR count). The minimum atomic E-state index is -0.369. The van der Waals surface area contributed by atoms with Crippen LogP contribution in [0.4, 0.5) is 0 Å². The number of hydrogen-bond acceptors (Lipinski definition) is 3. The Hall–Kier alpha value is -2.36. The fourth-order valence-electron chi connectivity index (χ4n) is 2.97. The number of ether oxygens (including phenoxy) is 1. The van der Waals surface area contributed by atoms with Crippen LogP contribution in [0, 0.1) is 6.92 Å². The third-order valence-corrected chi connectivity index (χ3v) is 4.38. The average molecular weight is 335 g/mol. The van der Waals surface area contributed by atoms with Gasteiger partial charge in [-0.05, 0) is 41.8 Å². The van der Waals surface area contributed by atoms with E-state index in [1.165, 1.54) is 21.9 Å². The predicted molar refractivity (Wildman–Crippen MR) is 103 cm³/mol. The second-order valence-electron chi connectivity index (χ2n) is 6.46. The first kappa shape index (κ1) is 17.5. The maximum atomic E-state index is 9.50. The molecule has 130 valence electrons. The summed E-state index contributed by atoms with van der Waals surface area (Å²) in [6, 6.07) is 20.7. The van der Waals surface area contributed by atoms with Gasteiger partial charge in [0.1, 0.15) is 12.4 Å². The van der Waals surface area contributed by atoms with E-state index in [4.69, 9.17) is 4.74 Å². The molecular weight excluding hydrogens is 310 g/mol. The van der Waals surface area contributed by atoms with E-state index >= 15 is 0 Å². The number of aliphatic hydroxyl groups excluding tert-OH is 1.